The van der Waals surface area contributed by atoms with Crippen LogP contribution in [0.25, 0.3) is 0 Å². The summed E-state index contributed by atoms with van der Waals surface area (Å²) >= 11 is 0. The summed E-state index contributed by atoms with van der Waals surface area (Å²) in [5, 5.41) is 0. The Balaban J connectivity index is 2.16. The minimum Gasteiger partial charge on any atom is -0.399 e. The Morgan fingerprint density at radius 2 is 1.93 bits per heavy atom. The smallest absolute Gasteiger partial charge is 0.0345 e. The molecule has 1 aliphatic heterocycles. The molecular formula is C12H18N2. The molecule has 76 valence electrons. The van der Waals surface area contributed by atoms with Crippen molar-refractivity contribution >= 4 is 5.69 Å². The Morgan fingerprint density at radius 3 is 2.57 bits per heavy atom. The Labute approximate surface area is 85.7 Å². The van der Waals surface area contributed by atoms with Gasteiger partial charge in [0, 0.05) is 11.7 Å². The lowest BCUT2D eigenvalue weighted by atomic mass is 9.96. The van der Waals surface area contributed by atoms with Crippen molar-refractivity contribution in [1.82, 2.24) is 4.90 Å². The Kier molecular flexibility index (Phi) is 2.73. The molecule has 14 heavy (non-hydrogen) atoms. The van der Waals surface area contributed by atoms with Crippen LogP contribution in [0.15, 0.2) is 24.3 Å². The zero-order valence-electron chi connectivity index (χ0n) is 8.74. The van der Waals surface area contributed by atoms with Gasteiger partial charge < -0.3 is 5.73 Å². The fourth-order valence-electron chi connectivity index (χ4n) is 2.21. The minimum absolute atomic E-state index is 0.601. The van der Waals surface area contributed by atoms with Crippen molar-refractivity contribution in [3.8, 4) is 0 Å². The summed E-state index contributed by atoms with van der Waals surface area (Å²) in [4.78, 5) is 2.44. The van der Waals surface area contributed by atoms with E-state index in [1.807, 2.05) is 12.1 Å². The lowest BCUT2D eigenvalue weighted by Crippen LogP contribution is -2.29. The first kappa shape index (κ1) is 9.53. The maximum absolute atomic E-state index is 5.68. The highest BCUT2D eigenvalue weighted by molar-refractivity contribution is 5.40. The molecule has 0 aliphatic carbocycles. The predicted molar refractivity (Wildman–Crippen MR) is 60.1 cm³/mol. The average molecular weight is 190 g/mol. The van der Waals surface area contributed by atoms with E-state index in [1.54, 1.807) is 0 Å². The summed E-state index contributed by atoms with van der Waals surface area (Å²) in [6, 6.07) is 8.91. The van der Waals surface area contributed by atoms with Gasteiger partial charge in [0.05, 0.1) is 0 Å². The van der Waals surface area contributed by atoms with Crippen molar-refractivity contribution in [2.75, 3.05) is 19.3 Å². The van der Waals surface area contributed by atoms with Crippen LogP contribution in [0.5, 0.6) is 0 Å². The zero-order chi connectivity index (χ0) is 9.97. The van der Waals surface area contributed by atoms with Gasteiger partial charge in [0.15, 0.2) is 0 Å². The largest absolute Gasteiger partial charge is 0.399 e. The molecule has 0 spiro atoms. The van der Waals surface area contributed by atoms with Crippen LogP contribution in [0.4, 0.5) is 5.69 Å². The number of anilines is 1. The molecule has 1 unspecified atom stereocenters. The number of likely N-dealkylation sites (tertiary alicyclic amines) is 1. The molecule has 1 heterocycles. The van der Waals surface area contributed by atoms with Gasteiger partial charge in [-0.25, -0.2) is 0 Å². The molecule has 2 rings (SSSR count). The Morgan fingerprint density at radius 1 is 1.21 bits per heavy atom. The molecule has 2 heteroatoms. The SMILES string of the molecule is CN1CCCCC1c1ccc(N)cc1. The van der Waals surface area contributed by atoms with E-state index in [4.69, 9.17) is 5.73 Å². The van der Waals surface area contributed by atoms with E-state index >= 15 is 0 Å². The standard InChI is InChI=1S/C12H18N2/c1-14-9-3-2-4-12(14)10-5-7-11(13)8-6-10/h5-8,12H,2-4,9,13H2,1H3. The van der Waals surface area contributed by atoms with Crippen LogP contribution < -0.4 is 5.73 Å². The third-order valence-electron chi connectivity index (χ3n) is 3.09. The third-order valence-corrected chi connectivity index (χ3v) is 3.09. The van der Waals surface area contributed by atoms with Gasteiger partial charge in [-0.1, -0.05) is 18.6 Å². The average Bonchev–Trinajstić information content (AvgIpc) is 2.20. The molecule has 0 amide bonds. The first-order chi connectivity index (χ1) is 6.77. The fourth-order valence-corrected chi connectivity index (χ4v) is 2.21. The molecule has 0 saturated carbocycles. The van der Waals surface area contributed by atoms with Crippen LogP contribution >= 0.6 is 0 Å². The molecule has 2 N–H and O–H groups in total. The molecule has 1 aliphatic rings. The second-order valence-corrected chi connectivity index (χ2v) is 4.16. The molecular weight excluding hydrogens is 172 g/mol. The van der Waals surface area contributed by atoms with Crippen LogP contribution in [0.1, 0.15) is 30.9 Å². The topological polar surface area (TPSA) is 29.3 Å². The minimum atomic E-state index is 0.601. The van der Waals surface area contributed by atoms with E-state index in [2.05, 4.69) is 24.1 Å². The maximum atomic E-state index is 5.68. The van der Waals surface area contributed by atoms with Crippen molar-refractivity contribution in [3.63, 3.8) is 0 Å². The van der Waals surface area contributed by atoms with Crippen molar-refractivity contribution in [2.24, 2.45) is 0 Å². The van der Waals surface area contributed by atoms with Gasteiger partial charge in [-0.05, 0) is 44.1 Å². The number of rotatable bonds is 1. The summed E-state index contributed by atoms with van der Waals surface area (Å²) in [5.74, 6) is 0. The van der Waals surface area contributed by atoms with Crippen molar-refractivity contribution in [2.45, 2.75) is 25.3 Å². The van der Waals surface area contributed by atoms with Crippen molar-refractivity contribution in [1.29, 1.82) is 0 Å². The van der Waals surface area contributed by atoms with E-state index in [0.717, 1.165) is 5.69 Å². The number of piperidine rings is 1. The monoisotopic (exact) mass is 190 g/mol. The van der Waals surface area contributed by atoms with Crippen LogP contribution in [0, 0.1) is 0 Å². The van der Waals surface area contributed by atoms with Crippen LogP contribution in [-0.2, 0) is 0 Å². The molecule has 1 aromatic rings. The number of nitrogens with zero attached hydrogens (tertiary/aromatic N) is 1. The summed E-state index contributed by atoms with van der Waals surface area (Å²) in [7, 11) is 2.21. The van der Waals surface area contributed by atoms with E-state index in [9.17, 15) is 0 Å². The van der Waals surface area contributed by atoms with Gasteiger partial charge in [-0.2, -0.15) is 0 Å². The highest BCUT2D eigenvalue weighted by Gasteiger charge is 2.19. The van der Waals surface area contributed by atoms with Crippen LogP contribution in [0.3, 0.4) is 0 Å². The summed E-state index contributed by atoms with van der Waals surface area (Å²) < 4.78 is 0. The van der Waals surface area contributed by atoms with Gasteiger partial charge in [0.2, 0.25) is 0 Å². The Hall–Kier alpha value is -1.02. The summed E-state index contributed by atoms with van der Waals surface area (Å²) in [6.07, 6.45) is 3.96. The van der Waals surface area contributed by atoms with Gasteiger partial charge in [0.25, 0.3) is 0 Å². The number of benzene rings is 1. The summed E-state index contributed by atoms with van der Waals surface area (Å²) in [6.45, 7) is 1.22. The molecule has 0 radical (unpaired) electrons. The highest BCUT2D eigenvalue weighted by Crippen LogP contribution is 2.29. The maximum Gasteiger partial charge on any atom is 0.0345 e. The third kappa shape index (κ3) is 1.90. The van der Waals surface area contributed by atoms with Gasteiger partial charge in [-0.15, -0.1) is 0 Å². The van der Waals surface area contributed by atoms with E-state index < -0.39 is 0 Å². The molecule has 1 fully saturated rings. The van der Waals surface area contributed by atoms with Gasteiger partial charge in [-0.3, -0.25) is 4.90 Å². The highest BCUT2D eigenvalue weighted by atomic mass is 15.1. The lowest BCUT2D eigenvalue weighted by Gasteiger charge is -2.32. The van der Waals surface area contributed by atoms with Gasteiger partial charge >= 0.3 is 0 Å². The number of hydrogen-bond acceptors (Lipinski definition) is 2. The molecule has 2 nitrogen and oxygen atoms in total. The molecule has 1 saturated heterocycles. The normalized spacial score (nSPS) is 23.6. The second kappa shape index (κ2) is 4.01. The zero-order valence-corrected chi connectivity index (χ0v) is 8.74. The van der Waals surface area contributed by atoms with Crippen LogP contribution in [-0.4, -0.2) is 18.5 Å². The summed E-state index contributed by atoms with van der Waals surface area (Å²) in [5.41, 5.74) is 7.94. The van der Waals surface area contributed by atoms with E-state index in [-0.39, 0.29) is 0 Å². The lowest BCUT2D eigenvalue weighted by molar-refractivity contribution is 0.187. The molecule has 1 aromatic carbocycles. The van der Waals surface area contributed by atoms with E-state index in [0.29, 0.717) is 6.04 Å². The van der Waals surface area contributed by atoms with E-state index in [1.165, 1.54) is 31.4 Å². The predicted octanol–water partition coefficient (Wildman–Crippen LogP) is 2.43. The number of nitrogens with two attached hydrogens (primary N) is 1. The first-order valence-corrected chi connectivity index (χ1v) is 5.33. The van der Waals surface area contributed by atoms with Crippen molar-refractivity contribution in [3.05, 3.63) is 29.8 Å². The fraction of sp³-hybridized carbons (Fsp3) is 0.500. The second-order valence-electron chi connectivity index (χ2n) is 4.16. The quantitative estimate of drug-likeness (QED) is 0.689. The molecule has 0 bridgehead atoms. The van der Waals surface area contributed by atoms with Crippen LogP contribution in [0.2, 0.25) is 0 Å². The van der Waals surface area contributed by atoms with Gasteiger partial charge in [0.1, 0.15) is 0 Å². The Bertz CT molecular complexity index is 292. The molecule has 1 atom stereocenters. The first-order valence-electron chi connectivity index (χ1n) is 5.33. The van der Waals surface area contributed by atoms with Crippen molar-refractivity contribution < 1.29 is 0 Å². The molecule has 0 aromatic heterocycles. The number of hydrogen-bond donors (Lipinski definition) is 1. The number of nitrogen functional groups attached to an aromatic ring is 1.